The van der Waals surface area contributed by atoms with E-state index in [4.69, 9.17) is 4.74 Å². The minimum atomic E-state index is 0.198. The lowest BCUT2D eigenvalue weighted by atomic mass is 10.1. The van der Waals surface area contributed by atoms with Crippen LogP contribution in [0, 0.1) is 18.8 Å². The van der Waals surface area contributed by atoms with Crippen LogP contribution in [0.4, 0.5) is 0 Å². The molecular weight excluding hydrogens is 288 g/mol. The van der Waals surface area contributed by atoms with Gasteiger partial charge in [0.05, 0.1) is 12.4 Å². The molecule has 2 rings (SSSR count). The standard InChI is InChI=1S/C20H22OS/c1-15(2)22-20(19-8-6-5-7-16(19)3)14-11-17-9-12-18(21-4)13-10-17/h5-10,12-13,15,20H,1-4H3/t20-/m0/s1. The van der Waals surface area contributed by atoms with Crippen LogP contribution in [0.5, 0.6) is 5.75 Å². The summed E-state index contributed by atoms with van der Waals surface area (Å²) >= 11 is 1.90. The van der Waals surface area contributed by atoms with Crippen LogP contribution in [0.15, 0.2) is 48.5 Å². The summed E-state index contributed by atoms with van der Waals surface area (Å²) in [6.45, 7) is 6.58. The topological polar surface area (TPSA) is 9.23 Å². The minimum absolute atomic E-state index is 0.198. The smallest absolute Gasteiger partial charge is 0.118 e. The average molecular weight is 310 g/mol. The fourth-order valence-corrected chi connectivity index (χ4v) is 3.24. The second-order valence-corrected chi connectivity index (χ2v) is 7.11. The molecule has 2 heteroatoms. The van der Waals surface area contributed by atoms with Crippen LogP contribution in [-0.4, -0.2) is 12.4 Å². The summed E-state index contributed by atoms with van der Waals surface area (Å²) in [5.74, 6) is 7.59. The van der Waals surface area contributed by atoms with Crippen molar-refractivity contribution >= 4 is 11.8 Å². The van der Waals surface area contributed by atoms with Gasteiger partial charge in [-0.05, 0) is 42.3 Å². The number of aryl methyl sites for hydroxylation is 1. The van der Waals surface area contributed by atoms with E-state index in [-0.39, 0.29) is 5.25 Å². The lowest BCUT2D eigenvalue weighted by molar-refractivity contribution is 0.415. The second kappa shape index (κ2) is 7.96. The van der Waals surface area contributed by atoms with Crippen LogP contribution in [0.2, 0.25) is 0 Å². The third-order valence-electron chi connectivity index (χ3n) is 3.32. The summed E-state index contributed by atoms with van der Waals surface area (Å²) in [6, 6.07) is 16.4. The Balaban J connectivity index is 2.27. The van der Waals surface area contributed by atoms with Gasteiger partial charge < -0.3 is 4.74 Å². The molecule has 1 atom stereocenters. The Bertz CT molecular complexity index is 662. The summed E-state index contributed by atoms with van der Waals surface area (Å²) in [7, 11) is 1.67. The molecule has 1 nitrogen and oxygen atoms in total. The quantitative estimate of drug-likeness (QED) is 0.714. The zero-order chi connectivity index (χ0) is 15.9. The Labute approximate surface area is 138 Å². The molecular formula is C20H22OS. The van der Waals surface area contributed by atoms with Crippen molar-refractivity contribution in [2.24, 2.45) is 0 Å². The lowest BCUT2D eigenvalue weighted by Gasteiger charge is -2.15. The Hall–Kier alpha value is -1.85. The van der Waals surface area contributed by atoms with E-state index in [2.05, 4.69) is 56.9 Å². The van der Waals surface area contributed by atoms with Crippen LogP contribution in [0.25, 0.3) is 0 Å². The van der Waals surface area contributed by atoms with E-state index in [1.807, 2.05) is 36.0 Å². The first-order valence-electron chi connectivity index (χ1n) is 7.46. The fourth-order valence-electron chi connectivity index (χ4n) is 2.16. The summed E-state index contributed by atoms with van der Waals surface area (Å²) in [5.41, 5.74) is 3.62. The van der Waals surface area contributed by atoms with Crippen molar-refractivity contribution in [3.63, 3.8) is 0 Å². The predicted molar refractivity (Wildman–Crippen MR) is 96.5 cm³/mol. The van der Waals surface area contributed by atoms with E-state index in [9.17, 15) is 0 Å². The van der Waals surface area contributed by atoms with E-state index >= 15 is 0 Å². The molecule has 2 aromatic carbocycles. The van der Waals surface area contributed by atoms with Gasteiger partial charge in [-0.2, -0.15) is 0 Å². The minimum Gasteiger partial charge on any atom is -0.497 e. The molecule has 0 spiro atoms. The maximum Gasteiger partial charge on any atom is 0.118 e. The van der Waals surface area contributed by atoms with E-state index < -0.39 is 0 Å². The van der Waals surface area contributed by atoms with Gasteiger partial charge in [-0.3, -0.25) is 0 Å². The van der Waals surface area contributed by atoms with Crippen LogP contribution in [0.1, 0.15) is 35.8 Å². The summed E-state index contributed by atoms with van der Waals surface area (Å²) in [6.07, 6.45) is 0. The first-order chi connectivity index (χ1) is 10.6. The van der Waals surface area contributed by atoms with Crippen molar-refractivity contribution in [2.45, 2.75) is 31.3 Å². The van der Waals surface area contributed by atoms with Crippen molar-refractivity contribution < 1.29 is 4.74 Å². The summed E-state index contributed by atoms with van der Waals surface area (Å²) < 4.78 is 5.18. The highest BCUT2D eigenvalue weighted by atomic mass is 32.2. The van der Waals surface area contributed by atoms with E-state index in [1.165, 1.54) is 11.1 Å². The molecule has 0 heterocycles. The summed E-state index contributed by atoms with van der Waals surface area (Å²) in [4.78, 5) is 0. The molecule has 0 aliphatic carbocycles. The third kappa shape index (κ3) is 4.58. The average Bonchev–Trinajstić information content (AvgIpc) is 2.52. The van der Waals surface area contributed by atoms with Gasteiger partial charge in [0.2, 0.25) is 0 Å². The normalized spacial score (nSPS) is 11.7. The Morgan fingerprint density at radius 1 is 1.00 bits per heavy atom. The molecule has 0 aliphatic rings. The van der Waals surface area contributed by atoms with Crippen molar-refractivity contribution in [3.05, 3.63) is 65.2 Å². The zero-order valence-corrected chi connectivity index (χ0v) is 14.4. The number of hydrogen-bond acceptors (Lipinski definition) is 2. The molecule has 22 heavy (non-hydrogen) atoms. The van der Waals surface area contributed by atoms with Gasteiger partial charge in [-0.1, -0.05) is 50.0 Å². The maximum atomic E-state index is 5.18. The van der Waals surface area contributed by atoms with E-state index in [0.29, 0.717) is 5.25 Å². The number of benzene rings is 2. The van der Waals surface area contributed by atoms with Crippen LogP contribution >= 0.6 is 11.8 Å². The third-order valence-corrected chi connectivity index (χ3v) is 4.51. The summed E-state index contributed by atoms with van der Waals surface area (Å²) in [5, 5.41) is 0.734. The van der Waals surface area contributed by atoms with Gasteiger partial charge in [-0.15, -0.1) is 11.8 Å². The molecule has 0 amide bonds. The monoisotopic (exact) mass is 310 g/mol. The van der Waals surface area contributed by atoms with Crippen molar-refractivity contribution in [2.75, 3.05) is 7.11 Å². The molecule has 0 bridgehead atoms. The highest BCUT2D eigenvalue weighted by molar-refractivity contribution is 8.00. The predicted octanol–water partition coefficient (Wildman–Crippen LogP) is 5.24. The second-order valence-electron chi connectivity index (χ2n) is 5.42. The molecule has 0 radical (unpaired) electrons. The number of methoxy groups -OCH3 is 1. The van der Waals surface area contributed by atoms with E-state index in [1.54, 1.807) is 7.11 Å². The van der Waals surface area contributed by atoms with E-state index in [0.717, 1.165) is 11.3 Å². The fraction of sp³-hybridized carbons (Fsp3) is 0.300. The molecule has 0 saturated heterocycles. The van der Waals surface area contributed by atoms with Crippen LogP contribution in [-0.2, 0) is 0 Å². The molecule has 0 unspecified atom stereocenters. The van der Waals surface area contributed by atoms with Gasteiger partial charge in [0.15, 0.2) is 0 Å². The molecule has 0 aromatic heterocycles. The maximum absolute atomic E-state index is 5.18. The first kappa shape index (κ1) is 16.5. The number of rotatable bonds is 4. The Kier molecular flexibility index (Phi) is 5.98. The van der Waals surface area contributed by atoms with Crippen molar-refractivity contribution in [1.29, 1.82) is 0 Å². The van der Waals surface area contributed by atoms with Crippen LogP contribution in [0.3, 0.4) is 0 Å². The molecule has 0 aliphatic heterocycles. The largest absolute Gasteiger partial charge is 0.497 e. The highest BCUT2D eigenvalue weighted by Gasteiger charge is 2.13. The molecule has 0 saturated carbocycles. The molecule has 114 valence electrons. The highest BCUT2D eigenvalue weighted by Crippen LogP contribution is 2.33. The number of hydrogen-bond donors (Lipinski definition) is 0. The number of thioether (sulfide) groups is 1. The van der Waals surface area contributed by atoms with Gasteiger partial charge in [-0.25, -0.2) is 0 Å². The van der Waals surface area contributed by atoms with Gasteiger partial charge in [0, 0.05) is 10.8 Å². The molecule has 2 aromatic rings. The van der Waals surface area contributed by atoms with Gasteiger partial charge >= 0.3 is 0 Å². The Morgan fingerprint density at radius 3 is 2.27 bits per heavy atom. The number of ether oxygens (including phenoxy) is 1. The lowest BCUT2D eigenvalue weighted by Crippen LogP contribution is -1.99. The Morgan fingerprint density at radius 2 is 1.68 bits per heavy atom. The van der Waals surface area contributed by atoms with Crippen molar-refractivity contribution in [1.82, 2.24) is 0 Å². The SMILES string of the molecule is COc1ccc(C#C[C@H](SC(C)C)c2ccccc2C)cc1. The first-order valence-corrected chi connectivity index (χ1v) is 8.41. The van der Waals surface area contributed by atoms with Crippen molar-refractivity contribution in [3.8, 4) is 17.6 Å². The van der Waals surface area contributed by atoms with Crippen LogP contribution < -0.4 is 4.74 Å². The van der Waals surface area contributed by atoms with Gasteiger partial charge in [0.25, 0.3) is 0 Å². The molecule has 0 N–H and O–H groups in total. The molecule has 0 fully saturated rings. The zero-order valence-electron chi connectivity index (χ0n) is 13.6. The van der Waals surface area contributed by atoms with Gasteiger partial charge in [0.1, 0.15) is 5.75 Å².